The van der Waals surface area contributed by atoms with Gasteiger partial charge in [-0.1, -0.05) is 0 Å². The molecule has 1 aliphatic heterocycles. The van der Waals surface area contributed by atoms with Crippen molar-refractivity contribution >= 4 is 0 Å². The molecule has 4 heteroatoms. The van der Waals surface area contributed by atoms with Crippen molar-refractivity contribution in [3.05, 3.63) is 23.7 Å². The number of ether oxygens (including phenoxy) is 2. The SMILES string of the molecule is Cc1ccc(C2OCC(CN)O2)o1. The molecular formula is C9H13NO3. The number of nitrogens with two attached hydrogens (primary N) is 1. The van der Waals surface area contributed by atoms with Crippen LogP contribution < -0.4 is 5.73 Å². The molecule has 0 radical (unpaired) electrons. The summed E-state index contributed by atoms with van der Waals surface area (Å²) in [6.45, 7) is 2.91. The Bertz CT molecular complexity index is 284. The molecule has 2 N–H and O–H groups in total. The monoisotopic (exact) mass is 183 g/mol. The Hall–Kier alpha value is -0.840. The summed E-state index contributed by atoms with van der Waals surface area (Å²) in [4.78, 5) is 0. The van der Waals surface area contributed by atoms with E-state index >= 15 is 0 Å². The van der Waals surface area contributed by atoms with E-state index < -0.39 is 0 Å². The van der Waals surface area contributed by atoms with Gasteiger partial charge in [0.1, 0.15) is 5.76 Å². The predicted octanol–water partition coefficient (Wildman–Crippen LogP) is 0.961. The summed E-state index contributed by atoms with van der Waals surface area (Å²) in [7, 11) is 0. The van der Waals surface area contributed by atoms with Crippen molar-refractivity contribution in [2.45, 2.75) is 19.3 Å². The van der Waals surface area contributed by atoms with E-state index in [-0.39, 0.29) is 12.4 Å². The Balaban J connectivity index is 2.03. The van der Waals surface area contributed by atoms with Crippen LogP contribution in [0.15, 0.2) is 16.5 Å². The predicted molar refractivity (Wildman–Crippen MR) is 46.1 cm³/mol. The third-order valence-corrected chi connectivity index (χ3v) is 2.01. The fraction of sp³-hybridized carbons (Fsp3) is 0.556. The Kier molecular flexibility index (Phi) is 2.35. The van der Waals surface area contributed by atoms with Crippen LogP contribution in [0.25, 0.3) is 0 Å². The van der Waals surface area contributed by atoms with Crippen molar-refractivity contribution in [2.75, 3.05) is 13.2 Å². The zero-order valence-electron chi connectivity index (χ0n) is 7.53. The summed E-state index contributed by atoms with van der Waals surface area (Å²) >= 11 is 0. The first-order valence-electron chi connectivity index (χ1n) is 4.33. The second kappa shape index (κ2) is 3.49. The highest BCUT2D eigenvalue weighted by atomic mass is 16.7. The molecule has 4 nitrogen and oxygen atoms in total. The quantitative estimate of drug-likeness (QED) is 0.742. The number of rotatable bonds is 2. The lowest BCUT2D eigenvalue weighted by Gasteiger charge is -2.06. The van der Waals surface area contributed by atoms with Gasteiger partial charge in [0.05, 0.1) is 12.7 Å². The van der Waals surface area contributed by atoms with Crippen LogP contribution in [-0.4, -0.2) is 19.3 Å². The first kappa shape index (κ1) is 8.74. The van der Waals surface area contributed by atoms with Crippen molar-refractivity contribution in [1.29, 1.82) is 0 Å². The molecule has 1 aromatic rings. The van der Waals surface area contributed by atoms with Gasteiger partial charge in [-0.3, -0.25) is 0 Å². The minimum absolute atomic E-state index is 0.00425. The van der Waals surface area contributed by atoms with Crippen molar-refractivity contribution in [2.24, 2.45) is 5.73 Å². The fourth-order valence-electron chi connectivity index (χ4n) is 1.30. The zero-order valence-corrected chi connectivity index (χ0v) is 7.53. The van der Waals surface area contributed by atoms with Crippen LogP contribution >= 0.6 is 0 Å². The molecule has 72 valence electrons. The lowest BCUT2D eigenvalue weighted by Crippen LogP contribution is -2.21. The van der Waals surface area contributed by atoms with Crippen molar-refractivity contribution in [3.63, 3.8) is 0 Å². The van der Waals surface area contributed by atoms with E-state index in [2.05, 4.69) is 0 Å². The molecule has 0 aliphatic carbocycles. The third kappa shape index (κ3) is 1.75. The average molecular weight is 183 g/mol. The molecule has 2 heterocycles. The maximum absolute atomic E-state index is 5.47. The molecule has 0 saturated carbocycles. The smallest absolute Gasteiger partial charge is 0.217 e. The molecule has 1 fully saturated rings. The lowest BCUT2D eigenvalue weighted by molar-refractivity contribution is -0.0726. The highest BCUT2D eigenvalue weighted by Crippen LogP contribution is 2.27. The number of hydrogen-bond acceptors (Lipinski definition) is 4. The van der Waals surface area contributed by atoms with Crippen LogP contribution in [0.4, 0.5) is 0 Å². The average Bonchev–Trinajstić information content (AvgIpc) is 2.71. The van der Waals surface area contributed by atoms with Gasteiger partial charge in [-0.15, -0.1) is 0 Å². The summed E-state index contributed by atoms with van der Waals surface area (Å²) in [6, 6.07) is 3.75. The lowest BCUT2D eigenvalue weighted by atomic mass is 10.4. The normalized spacial score (nSPS) is 28.2. The molecule has 0 bridgehead atoms. The van der Waals surface area contributed by atoms with E-state index in [4.69, 9.17) is 19.6 Å². The molecule has 1 aliphatic rings. The fourth-order valence-corrected chi connectivity index (χ4v) is 1.30. The van der Waals surface area contributed by atoms with Gasteiger partial charge in [0.15, 0.2) is 5.76 Å². The minimum Gasteiger partial charge on any atom is -0.461 e. The summed E-state index contributed by atoms with van der Waals surface area (Å²) in [5.74, 6) is 1.58. The number of aryl methyl sites for hydroxylation is 1. The van der Waals surface area contributed by atoms with Gasteiger partial charge in [0.25, 0.3) is 0 Å². The molecule has 2 rings (SSSR count). The zero-order chi connectivity index (χ0) is 9.26. The van der Waals surface area contributed by atoms with Crippen LogP contribution in [0, 0.1) is 6.92 Å². The second-order valence-corrected chi connectivity index (χ2v) is 3.11. The first-order chi connectivity index (χ1) is 6.29. The van der Waals surface area contributed by atoms with Crippen LogP contribution in [0.5, 0.6) is 0 Å². The van der Waals surface area contributed by atoms with Gasteiger partial charge in [0.2, 0.25) is 6.29 Å². The number of furan rings is 1. The summed E-state index contributed by atoms with van der Waals surface area (Å²) in [5, 5.41) is 0. The Morgan fingerprint density at radius 1 is 1.54 bits per heavy atom. The van der Waals surface area contributed by atoms with Crippen LogP contribution in [0.2, 0.25) is 0 Å². The van der Waals surface area contributed by atoms with E-state index in [1.54, 1.807) is 0 Å². The molecule has 2 unspecified atom stereocenters. The molecular weight excluding hydrogens is 170 g/mol. The van der Waals surface area contributed by atoms with Crippen LogP contribution in [0.3, 0.4) is 0 Å². The maximum Gasteiger partial charge on any atom is 0.217 e. The van der Waals surface area contributed by atoms with E-state index in [0.29, 0.717) is 18.9 Å². The standard InChI is InChI=1S/C9H13NO3/c1-6-2-3-8(12-6)9-11-5-7(4-10)13-9/h2-3,7,9H,4-5,10H2,1H3. The van der Waals surface area contributed by atoms with Crippen molar-refractivity contribution in [3.8, 4) is 0 Å². The number of hydrogen-bond donors (Lipinski definition) is 1. The Labute approximate surface area is 76.6 Å². The molecule has 1 saturated heterocycles. The van der Waals surface area contributed by atoms with Gasteiger partial charge in [-0.05, 0) is 19.1 Å². The van der Waals surface area contributed by atoms with Gasteiger partial charge in [-0.2, -0.15) is 0 Å². The molecule has 0 aromatic carbocycles. The first-order valence-corrected chi connectivity index (χ1v) is 4.33. The highest BCUT2D eigenvalue weighted by molar-refractivity contribution is 5.07. The van der Waals surface area contributed by atoms with Gasteiger partial charge in [0, 0.05) is 6.54 Å². The second-order valence-electron chi connectivity index (χ2n) is 3.11. The largest absolute Gasteiger partial charge is 0.461 e. The van der Waals surface area contributed by atoms with Crippen molar-refractivity contribution in [1.82, 2.24) is 0 Å². The molecule has 13 heavy (non-hydrogen) atoms. The molecule has 0 amide bonds. The Morgan fingerprint density at radius 3 is 2.92 bits per heavy atom. The van der Waals surface area contributed by atoms with E-state index in [1.807, 2.05) is 19.1 Å². The maximum atomic E-state index is 5.47. The highest BCUT2D eigenvalue weighted by Gasteiger charge is 2.28. The Morgan fingerprint density at radius 2 is 2.38 bits per heavy atom. The molecule has 1 aromatic heterocycles. The van der Waals surface area contributed by atoms with E-state index in [1.165, 1.54) is 0 Å². The summed E-state index contributed by atoms with van der Waals surface area (Å²) in [5.41, 5.74) is 5.44. The molecule has 0 spiro atoms. The van der Waals surface area contributed by atoms with Crippen LogP contribution in [0.1, 0.15) is 17.8 Å². The van der Waals surface area contributed by atoms with Crippen LogP contribution in [-0.2, 0) is 9.47 Å². The van der Waals surface area contributed by atoms with Crippen molar-refractivity contribution < 1.29 is 13.9 Å². The third-order valence-electron chi connectivity index (χ3n) is 2.01. The van der Waals surface area contributed by atoms with E-state index in [9.17, 15) is 0 Å². The van der Waals surface area contributed by atoms with Gasteiger partial charge >= 0.3 is 0 Å². The molecule has 2 atom stereocenters. The van der Waals surface area contributed by atoms with Gasteiger partial charge in [-0.25, -0.2) is 0 Å². The topological polar surface area (TPSA) is 57.6 Å². The summed E-state index contributed by atoms with van der Waals surface area (Å²) in [6.07, 6.45) is -0.377. The minimum atomic E-state index is -0.373. The summed E-state index contributed by atoms with van der Waals surface area (Å²) < 4.78 is 16.2. The van der Waals surface area contributed by atoms with Gasteiger partial charge < -0.3 is 19.6 Å². The van der Waals surface area contributed by atoms with E-state index in [0.717, 1.165) is 5.76 Å².